The van der Waals surface area contributed by atoms with Gasteiger partial charge in [0.15, 0.2) is 11.2 Å². The monoisotopic (exact) mass is 334 g/mol. The Hall–Kier alpha value is -2.54. The van der Waals surface area contributed by atoms with Crippen LogP contribution in [0.1, 0.15) is 5.56 Å². The van der Waals surface area contributed by atoms with Gasteiger partial charge in [-0.05, 0) is 17.7 Å². The standard InChI is InChI=1S/C15H15ClN4O3/c1-18-12-11(13(21)19(2)15(18)22)20(14(16)17-12)8-9-6-4-5-7-10(9)23-3/h4-7H,8H2,1-3H3. The maximum absolute atomic E-state index is 12.5. The third-order valence-electron chi connectivity index (χ3n) is 3.82. The molecule has 0 bridgehead atoms. The van der Waals surface area contributed by atoms with Crippen LogP contribution in [0.25, 0.3) is 11.2 Å². The molecule has 2 aromatic heterocycles. The smallest absolute Gasteiger partial charge is 0.332 e. The third kappa shape index (κ3) is 2.33. The summed E-state index contributed by atoms with van der Waals surface area (Å²) in [5, 5.41) is 0.143. The van der Waals surface area contributed by atoms with Crippen molar-refractivity contribution in [3.63, 3.8) is 0 Å². The van der Waals surface area contributed by atoms with Crippen LogP contribution in [0.4, 0.5) is 0 Å². The van der Waals surface area contributed by atoms with Crippen molar-refractivity contribution in [1.82, 2.24) is 18.7 Å². The number of methoxy groups -OCH3 is 1. The fraction of sp³-hybridized carbons (Fsp3) is 0.267. The zero-order valence-corrected chi connectivity index (χ0v) is 13.7. The van der Waals surface area contributed by atoms with Gasteiger partial charge in [-0.2, -0.15) is 4.98 Å². The minimum atomic E-state index is -0.443. The van der Waals surface area contributed by atoms with Crippen LogP contribution in [0, 0.1) is 0 Å². The molecule has 3 aromatic rings. The maximum atomic E-state index is 12.5. The summed E-state index contributed by atoms with van der Waals surface area (Å²) < 4.78 is 9.25. The van der Waals surface area contributed by atoms with E-state index in [2.05, 4.69) is 4.98 Å². The molecule has 0 saturated carbocycles. The van der Waals surface area contributed by atoms with Gasteiger partial charge < -0.3 is 9.30 Å². The Balaban J connectivity index is 2.29. The van der Waals surface area contributed by atoms with Crippen molar-refractivity contribution in [3.8, 4) is 5.75 Å². The molecular weight excluding hydrogens is 320 g/mol. The minimum Gasteiger partial charge on any atom is -0.496 e. The second-order valence-corrected chi connectivity index (χ2v) is 5.49. The number of aromatic nitrogens is 4. The summed E-state index contributed by atoms with van der Waals surface area (Å²) in [4.78, 5) is 28.6. The van der Waals surface area contributed by atoms with Crippen LogP contribution in [-0.4, -0.2) is 25.8 Å². The lowest BCUT2D eigenvalue weighted by atomic mass is 10.2. The lowest BCUT2D eigenvalue weighted by Crippen LogP contribution is -2.37. The zero-order valence-electron chi connectivity index (χ0n) is 12.9. The fourth-order valence-electron chi connectivity index (χ4n) is 2.57. The highest BCUT2D eigenvalue weighted by atomic mass is 35.5. The van der Waals surface area contributed by atoms with E-state index < -0.39 is 11.2 Å². The summed E-state index contributed by atoms with van der Waals surface area (Å²) >= 11 is 6.21. The molecule has 8 heteroatoms. The van der Waals surface area contributed by atoms with E-state index in [4.69, 9.17) is 16.3 Å². The molecule has 0 amide bonds. The molecule has 0 unspecified atom stereocenters. The van der Waals surface area contributed by atoms with Crippen molar-refractivity contribution in [1.29, 1.82) is 0 Å². The van der Waals surface area contributed by atoms with Gasteiger partial charge >= 0.3 is 5.69 Å². The topological polar surface area (TPSA) is 71.1 Å². The molecule has 2 heterocycles. The number of fused-ring (bicyclic) bond motifs is 1. The number of benzene rings is 1. The molecule has 120 valence electrons. The van der Waals surface area contributed by atoms with Crippen molar-refractivity contribution < 1.29 is 4.74 Å². The first-order chi connectivity index (χ1) is 11.0. The molecule has 1 aromatic carbocycles. The molecule has 0 aliphatic heterocycles. The van der Waals surface area contributed by atoms with Gasteiger partial charge in [-0.1, -0.05) is 18.2 Å². The summed E-state index contributed by atoms with van der Waals surface area (Å²) in [6, 6.07) is 7.45. The molecule has 0 fully saturated rings. The van der Waals surface area contributed by atoms with Crippen LogP contribution < -0.4 is 16.0 Å². The second kappa shape index (κ2) is 5.58. The lowest BCUT2D eigenvalue weighted by molar-refractivity contribution is 0.408. The molecule has 0 aliphatic carbocycles. The van der Waals surface area contributed by atoms with Crippen LogP contribution in [0.5, 0.6) is 5.75 Å². The molecule has 23 heavy (non-hydrogen) atoms. The Bertz CT molecular complexity index is 1020. The van der Waals surface area contributed by atoms with Gasteiger partial charge in [-0.15, -0.1) is 0 Å². The van der Waals surface area contributed by atoms with Crippen molar-refractivity contribution in [2.45, 2.75) is 6.54 Å². The van der Waals surface area contributed by atoms with E-state index in [0.29, 0.717) is 12.3 Å². The van der Waals surface area contributed by atoms with Gasteiger partial charge in [0, 0.05) is 19.7 Å². The van der Waals surface area contributed by atoms with E-state index >= 15 is 0 Å². The average Bonchev–Trinajstić information content (AvgIpc) is 2.88. The van der Waals surface area contributed by atoms with Crippen LogP contribution >= 0.6 is 11.6 Å². The number of aryl methyl sites for hydroxylation is 1. The van der Waals surface area contributed by atoms with Gasteiger partial charge in [-0.25, -0.2) is 4.79 Å². The van der Waals surface area contributed by atoms with E-state index in [-0.39, 0.29) is 16.4 Å². The van der Waals surface area contributed by atoms with Crippen LogP contribution in [0.3, 0.4) is 0 Å². The number of para-hydroxylation sites is 1. The highest BCUT2D eigenvalue weighted by molar-refractivity contribution is 6.29. The number of hydrogen-bond acceptors (Lipinski definition) is 4. The van der Waals surface area contributed by atoms with Gasteiger partial charge in [0.2, 0.25) is 5.28 Å². The summed E-state index contributed by atoms with van der Waals surface area (Å²) in [6.45, 7) is 0.312. The Morgan fingerprint density at radius 3 is 2.57 bits per heavy atom. The third-order valence-corrected chi connectivity index (χ3v) is 4.11. The SMILES string of the molecule is COc1ccccc1Cn1c(Cl)nc2c1c(=O)n(C)c(=O)n2C. The summed E-state index contributed by atoms with van der Waals surface area (Å²) in [5.74, 6) is 0.687. The first-order valence-electron chi connectivity index (χ1n) is 6.89. The molecule has 0 atom stereocenters. The van der Waals surface area contributed by atoms with E-state index in [1.165, 1.54) is 11.6 Å². The minimum absolute atomic E-state index is 0.143. The zero-order chi connectivity index (χ0) is 16.7. The van der Waals surface area contributed by atoms with E-state index in [0.717, 1.165) is 10.1 Å². The lowest BCUT2D eigenvalue weighted by Gasteiger charge is -2.10. The molecule has 0 N–H and O–H groups in total. The summed E-state index contributed by atoms with van der Waals surface area (Å²) in [7, 11) is 4.56. The van der Waals surface area contributed by atoms with Crippen molar-refractivity contribution in [2.75, 3.05) is 7.11 Å². The van der Waals surface area contributed by atoms with E-state index in [9.17, 15) is 9.59 Å². The highest BCUT2D eigenvalue weighted by Gasteiger charge is 2.19. The first-order valence-corrected chi connectivity index (χ1v) is 7.27. The molecule has 0 aliphatic rings. The van der Waals surface area contributed by atoms with E-state index in [1.807, 2.05) is 24.3 Å². The van der Waals surface area contributed by atoms with E-state index in [1.54, 1.807) is 18.7 Å². The maximum Gasteiger partial charge on any atom is 0.332 e. The predicted molar refractivity (Wildman–Crippen MR) is 87.3 cm³/mol. The molecule has 0 spiro atoms. The Labute approximate surface area is 136 Å². The van der Waals surface area contributed by atoms with Crippen LogP contribution in [0.15, 0.2) is 33.9 Å². The van der Waals surface area contributed by atoms with Crippen molar-refractivity contribution in [3.05, 3.63) is 56.0 Å². The fourth-order valence-corrected chi connectivity index (χ4v) is 2.79. The molecule has 3 rings (SSSR count). The number of rotatable bonds is 3. The quantitative estimate of drug-likeness (QED) is 0.674. The molecule has 0 saturated heterocycles. The van der Waals surface area contributed by atoms with Gasteiger partial charge in [0.05, 0.1) is 13.7 Å². The molecular formula is C15H15ClN4O3. The van der Waals surface area contributed by atoms with Crippen molar-refractivity contribution >= 4 is 22.8 Å². The average molecular weight is 335 g/mol. The van der Waals surface area contributed by atoms with Gasteiger partial charge in [0.1, 0.15) is 5.75 Å². The van der Waals surface area contributed by atoms with Crippen LogP contribution in [-0.2, 0) is 20.6 Å². The number of nitrogens with zero attached hydrogens (tertiary/aromatic N) is 4. The molecule has 7 nitrogen and oxygen atoms in total. The summed E-state index contributed by atoms with van der Waals surface area (Å²) in [6.07, 6.45) is 0. The number of ether oxygens (including phenoxy) is 1. The molecule has 0 radical (unpaired) electrons. The largest absolute Gasteiger partial charge is 0.496 e. The van der Waals surface area contributed by atoms with Crippen LogP contribution in [0.2, 0.25) is 5.28 Å². The highest BCUT2D eigenvalue weighted by Crippen LogP contribution is 2.23. The predicted octanol–water partition coefficient (Wildman–Crippen LogP) is 1.14. The van der Waals surface area contributed by atoms with Gasteiger partial charge in [-0.3, -0.25) is 13.9 Å². The Morgan fingerprint density at radius 2 is 1.87 bits per heavy atom. The number of halogens is 1. The normalized spacial score (nSPS) is 11.1. The number of imidazole rings is 1. The Morgan fingerprint density at radius 1 is 1.17 bits per heavy atom. The van der Waals surface area contributed by atoms with Gasteiger partial charge in [0.25, 0.3) is 5.56 Å². The number of hydrogen-bond donors (Lipinski definition) is 0. The second-order valence-electron chi connectivity index (χ2n) is 5.16. The first kappa shape index (κ1) is 15.4. The van der Waals surface area contributed by atoms with Crippen molar-refractivity contribution in [2.24, 2.45) is 14.1 Å². The summed E-state index contributed by atoms with van der Waals surface area (Å²) in [5.41, 5.74) is 0.522. The Kier molecular flexibility index (Phi) is 3.73.